The van der Waals surface area contributed by atoms with Gasteiger partial charge < -0.3 is 10.2 Å². The Balaban J connectivity index is 3.60. The maximum Gasteiger partial charge on any atom is 0.0977 e. The number of nitrogens with one attached hydrogen (secondary N) is 3. The Morgan fingerprint density at radius 1 is 1.70 bits per heavy atom. The third-order valence-electron chi connectivity index (χ3n) is 1.19. The van der Waals surface area contributed by atoms with Gasteiger partial charge in [-0.2, -0.15) is 0 Å². The van der Waals surface area contributed by atoms with Crippen molar-refractivity contribution in [2.45, 2.75) is 6.92 Å². The smallest absolute Gasteiger partial charge is 0.0977 e. The summed E-state index contributed by atoms with van der Waals surface area (Å²) in [4.78, 5) is 1.57. The summed E-state index contributed by atoms with van der Waals surface area (Å²) in [5.74, 6) is 0.408. The van der Waals surface area contributed by atoms with Gasteiger partial charge in [-0.3, -0.25) is 10.8 Å². The van der Waals surface area contributed by atoms with Gasteiger partial charge in [0.15, 0.2) is 0 Å². The number of rotatable bonds is 4. The maximum absolute atomic E-state index is 7.18. The Labute approximate surface area is 61.2 Å². The van der Waals surface area contributed by atoms with Crippen LogP contribution in [0.2, 0.25) is 0 Å². The lowest BCUT2D eigenvalue weighted by molar-refractivity contribution is 0.584. The third kappa shape index (κ3) is 3.19. The first-order valence-corrected chi connectivity index (χ1v) is 3.19. The number of likely N-dealkylation sites (N-methyl/N-ethyl adjacent to an activating group) is 1. The normalized spacial score (nSPS) is 9.00. The molecule has 0 saturated heterocycles. The number of hydrogen-bond donors (Lipinski definition) is 3. The van der Waals surface area contributed by atoms with Crippen LogP contribution in [-0.4, -0.2) is 37.2 Å². The fraction of sp³-hybridized carbons (Fsp3) is 0.667. The molecule has 0 aliphatic carbocycles. The summed E-state index contributed by atoms with van der Waals surface area (Å²) >= 11 is 0. The zero-order valence-electron chi connectivity index (χ0n) is 6.44. The van der Waals surface area contributed by atoms with Gasteiger partial charge in [-0.25, -0.2) is 0 Å². The van der Waals surface area contributed by atoms with Crippen molar-refractivity contribution in [1.82, 2.24) is 10.2 Å². The van der Waals surface area contributed by atoms with E-state index in [2.05, 4.69) is 5.32 Å². The standard InChI is InChI=1S/C6H14N4/c1-6(8)10(5-7)4-3-9-2/h5,7-9H,3-4H2,1-2H3. The van der Waals surface area contributed by atoms with Gasteiger partial charge in [-0.1, -0.05) is 0 Å². The molecule has 4 heteroatoms. The van der Waals surface area contributed by atoms with Gasteiger partial charge in [-0.05, 0) is 14.0 Å². The third-order valence-corrected chi connectivity index (χ3v) is 1.19. The van der Waals surface area contributed by atoms with Crippen molar-refractivity contribution in [3.8, 4) is 0 Å². The first-order valence-electron chi connectivity index (χ1n) is 3.19. The summed E-state index contributed by atoms with van der Waals surface area (Å²) in [7, 11) is 1.85. The molecule has 0 aromatic carbocycles. The lowest BCUT2D eigenvalue weighted by Gasteiger charge is -2.15. The highest BCUT2D eigenvalue weighted by Gasteiger charge is 1.98. The summed E-state index contributed by atoms with van der Waals surface area (Å²) in [5, 5.41) is 17.0. The van der Waals surface area contributed by atoms with Crippen LogP contribution in [0.3, 0.4) is 0 Å². The lowest BCUT2D eigenvalue weighted by atomic mass is 10.5. The quantitative estimate of drug-likeness (QED) is 0.385. The van der Waals surface area contributed by atoms with Gasteiger partial charge >= 0.3 is 0 Å². The Hall–Kier alpha value is -0.900. The minimum atomic E-state index is 0.408. The van der Waals surface area contributed by atoms with Crippen LogP contribution in [0.4, 0.5) is 0 Å². The Morgan fingerprint density at radius 2 is 2.30 bits per heavy atom. The highest BCUT2D eigenvalue weighted by molar-refractivity contribution is 5.86. The molecule has 0 spiro atoms. The van der Waals surface area contributed by atoms with Crippen LogP contribution in [0.1, 0.15) is 6.92 Å². The van der Waals surface area contributed by atoms with Crippen LogP contribution in [0, 0.1) is 10.8 Å². The molecule has 0 aromatic rings. The highest BCUT2D eigenvalue weighted by atomic mass is 15.2. The minimum absolute atomic E-state index is 0.408. The summed E-state index contributed by atoms with van der Waals surface area (Å²) in [5.41, 5.74) is 0. The van der Waals surface area contributed by atoms with E-state index in [1.807, 2.05) is 7.05 Å². The van der Waals surface area contributed by atoms with E-state index in [0.29, 0.717) is 12.4 Å². The van der Waals surface area contributed by atoms with Gasteiger partial charge in [-0.15, -0.1) is 0 Å². The molecular formula is C6H14N4. The maximum atomic E-state index is 7.18. The summed E-state index contributed by atoms with van der Waals surface area (Å²) in [6.45, 7) is 3.15. The second kappa shape index (κ2) is 4.93. The van der Waals surface area contributed by atoms with E-state index >= 15 is 0 Å². The van der Waals surface area contributed by atoms with Crippen LogP contribution in [-0.2, 0) is 0 Å². The largest absolute Gasteiger partial charge is 0.321 e. The van der Waals surface area contributed by atoms with E-state index in [1.54, 1.807) is 11.8 Å². The van der Waals surface area contributed by atoms with Gasteiger partial charge in [0.25, 0.3) is 0 Å². The second-order valence-corrected chi connectivity index (χ2v) is 2.01. The molecule has 0 aliphatic rings. The summed E-state index contributed by atoms with van der Waals surface area (Å²) in [6.07, 6.45) is 1.17. The predicted octanol–water partition coefficient (Wildman–Crippen LogP) is 0.112. The van der Waals surface area contributed by atoms with E-state index in [-0.39, 0.29) is 0 Å². The topological polar surface area (TPSA) is 63.0 Å². The van der Waals surface area contributed by atoms with Crippen molar-refractivity contribution >= 4 is 12.2 Å². The predicted molar refractivity (Wildman–Crippen MR) is 42.8 cm³/mol. The monoisotopic (exact) mass is 142 g/mol. The molecule has 0 bridgehead atoms. The zero-order chi connectivity index (χ0) is 7.98. The Kier molecular flexibility index (Phi) is 4.49. The van der Waals surface area contributed by atoms with Crippen LogP contribution in [0.25, 0.3) is 0 Å². The van der Waals surface area contributed by atoms with E-state index in [0.717, 1.165) is 6.54 Å². The van der Waals surface area contributed by atoms with Crippen molar-refractivity contribution in [2.24, 2.45) is 0 Å². The van der Waals surface area contributed by atoms with E-state index in [9.17, 15) is 0 Å². The molecule has 0 fully saturated rings. The van der Waals surface area contributed by atoms with Crippen molar-refractivity contribution < 1.29 is 0 Å². The van der Waals surface area contributed by atoms with Crippen molar-refractivity contribution in [1.29, 1.82) is 10.8 Å². The lowest BCUT2D eigenvalue weighted by Crippen LogP contribution is -2.32. The highest BCUT2D eigenvalue weighted by Crippen LogP contribution is 1.81. The van der Waals surface area contributed by atoms with Gasteiger partial charge in [0.2, 0.25) is 0 Å². The average molecular weight is 142 g/mol. The Morgan fingerprint density at radius 3 is 2.60 bits per heavy atom. The molecule has 0 heterocycles. The summed E-state index contributed by atoms with van der Waals surface area (Å²) in [6, 6.07) is 0. The fourth-order valence-corrected chi connectivity index (χ4v) is 0.561. The summed E-state index contributed by atoms with van der Waals surface area (Å²) < 4.78 is 0. The SMILES string of the molecule is CNCCN(C=N)C(C)=N. The molecule has 0 amide bonds. The van der Waals surface area contributed by atoms with Crippen LogP contribution in [0.5, 0.6) is 0 Å². The molecule has 0 aliphatic heterocycles. The molecule has 4 nitrogen and oxygen atoms in total. The number of hydrogen-bond acceptors (Lipinski definition) is 3. The molecule has 3 N–H and O–H groups in total. The number of amidine groups is 1. The molecule has 0 saturated carbocycles. The molecular weight excluding hydrogens is 128 g/mol. The van der Waals surface area contributed by atoms with Crippen LogP contribution < -0.4 is 5.32 Å². The molecule has 0 rings (SSSR count). The van der Waals surface area contributed by atoms with E-state index in [4.69, 9.17) is 10.8 Å². The second-order valence-electron chi connectivity index (χ2n) is 2.01. The van der Waals surface area contributed by atoms with Crippen molar-refractivity contribution in [3.63, 3.8) is 0 Å². The van der Waals surface area contributed by atoms with Crippen molar-refractivity contribution in [2.75, 3.05) is 20.1 Å². The Bertz CT molecular complexity index is 121. The van der Waals surface area contributed by atoms with Gasteiger partial charge in [0.1, 0.15) is 0 Å². The molecule has 0 aromatic heterocycles. The van der Waals surface area contributed by atoms with Crippen LogP contribution >= 0.6 is 0 Å². The zero-order valence-corrected chi connectivity index (χ0v) is 6.44. The van der Waals surface area contributed by atoms with E-state index in [1.165, 1.54) is 6.34 Å². The molecule has 0 radical (unpaired) electrons. The minimum Gasteiger partial charge on any atom is -0.321 e. The molecule has 58 valence electrons. The van der Waals surface area contributed by atoms with Crippen LogP contribution in [0.15, 0.2) is 0 Å². The molecule has 10 heavy (non-hydrogen) atoms. The average Bonchev–Trinajstić information content (AvgIpc) is 1.89. The molecule has 0 unspecified atom stereocenters. The number of nitrogens with zero attached hydrogens (tertiary/aromatic N) is 1. The van der Waals surface area contributed by atoms with Gasteiger partial charge in [0.05, 0.1) is 12.2 Å². The first-order chi connectivity index (χ1) is 4.72. The molecule has 0 atom stereocenters. The van der Waals surface area contributed by atoms with Crippen molar-refractivity contribution in [3.05, 3.63) is 0 Å². The fourth-order valence-electron chi connectivity index (χ4n) is 0.561. The first kappa shape index (κ1) is 9.10. The van der Waals surface area contributed by atoms with E-state index < -0.39 is 0 Å². The van der Waals surface area contributed by atoms with Gasteiger partial charge in [0, 0.05) is 13.1 Å².